The van der Waals surface area contributed by atoms with Gasteiger partial charge in [0.25, 0.3) is 0 Å². The standard InChI is InChI=1S/C18H18N2O4/c1-20(16(18(22)23)13-6-4-8-19-10-13)17(21)14-9-12-5-2-3-7-15(12)24-11-14/h2-8,10,14,16H,9,11H2,1H3,(H,22,23). The molecule has 2 heterocycles. The van der Waals surface area contributed by atoms with Gasteiger partial charge in [0.2, 0.25) is 5.91 Å². The van der Waals surface area contributed by atoms with Crippen LogP contribution in [0.5, 0.6) is 5.75 Å². The average Bonchev–Trinajstić information content (AvgIpc) is 2.61. The second-order valence-corrected chi connectivity index (χ2v) is 5.80. The largest absolute Gasteiger partial charge is 0.492 e. The third kappa shape index (κ3) is 3.08. The normalized spacial score (nSPS) is 17.3. The molecule has 0 fully saturated rings. The van der Waals surface area contributed by atoms with E-state index >= 15 is 0 Å². The van der Waals surface area contributed by atoms with Crippen LogP contribution in [0.15, 0.2) is 48.8 Å². The van der Waals surface area contributed by atoms with Crippen molar-refractivity contribution < 1.29 is 19.4 Å². The molecular weight excluding hydrogens is 308 g/mol. The van der Waals surface area contributed by atoms with Gasteiger partial charge in [0.1, 0.15) is 12.4 Å². The number of likely N-dealkylation sites (N-methyl/N-ethyl adjacent to an activating group) is 1. The Kier molecular flexibility index (Phi) is 4.46. The van der Waals surface area contributed by atoms with Crippen LogP contribution in [0.3, 0.4) is 0 Å². The first-order valence-electron chi connectivity index (χ1n) is 7.68. The first-order valence-corrected chi connectivity index (χ1v) is 7.68. The van der Waals surface area contributed by atoms with Crippen LogP contribution in [-0.2, 0) is 16.0 Å². The quantitative estimate of drug-likeness (QED) is 0.928. The number of carbonyl (C=O) groups is 2. The Hall–Kier alpha value is -2.89. The van der Waals surface area contributed by atoms with Crippen LogP contribution in [0.4, 0.5) is 0 Å². The number of ether oxygens (including phenoxy) is 1. The predicted octanol–water partition coefficient (Wildman–Crippen LogP) is 1.92. The van der Waals surface area contributed by atoms with Crippen molar-refractivity contribution in [1.29, 1.82) is 0 Å². The minimum Gasteiger partial charge on any atom is -0.492 e. The summed E-state index contributed by atoms with van der Waals surface area (Å²) in [5.41, 5.74) is 1.43. The number of pyridine rings is 1. The molecule has 1 aromatic carbocycles. The van der Waals surface area contributed by atoms with E-state index in [1.807, 2.05) is 24.3 Å². The molecule has 0 spiro atoms. The molecule has 6 nitrogen and oxygen atoms in total. The predicted molar refractivity (Wildman–Crippen MR) is 86.5 cm³/mol. The summed E-state index contributed by atoms with van der Waals surface area (Å²) >= 11 is 0. The zero-order valence-electron chi connectivity index (χ0n) is 13.3. The van der Waals surface area contributed by atoms with E-state index in [1.165, 1.54) is 18.1 Å². The van der Waals surface area contributed by atoms with Gasteiger partial charge >= 0.3 is 5.97 Å². The van der Waals surface area contributed by atoms with Crippen LogP contribution in [0.25, 0.3) is 0 Å². The molecule has 1 aromatic heterocycles. The lowest BCUT2D eigenvalue weighted by molar-refractivity contribution is -0.151. The lowest BCUT2D eigenvalue weighted by Crippen LogP contribution is -2.43. The highest BCUT2D eigenvalue weighted by Crippen LogP contribution is 2.29. The molecule has 1 N–H and O–H groups in total. The smallest absolute Gasteiger partial charge is 0.331 e. The lowest BCUT2D eigenvalue weighted by atomic mass is 9.94. The fourth-order valence-electron chi connectivity index (χ4n) is 2.97. The van der Waals surface area contributed by atoms with Crippen LogP contribution < -0.4 is 4.74 Å². The monoisotopic (exact) mass is 326 g/mol. The molecule has 6 heteroatoms. The molecule has 0 radical (unpaired) electrons. The van der Waals surface area contributed by atoms with Gasteiger partial charge in [-0.1, -0.05) is 24.3 Å². The van der Waals surface area contributed by atoms with Gasteiger partial charge in [-0.3, -0.25) is 9.78 Å². The molecule has 2 unspecified atom stereocenters. The maximum absolute atomic E-state index is 12.8. The summed E-state index contributed by atoms with van der Waals surface area (Å²) in [6, 6.07) is 9.82. The molecule has 124 valence electrons. The van der Waals surface area contributed by atoms with Crippen molar-refractivity contribution in [3.8, 4) is 5.75 Å². The second-order valence-electron chi connectivity index (χ2n) is 5.80. The lowest BCUT2D eigenvalue weighted by Gasteiger charge is -2.31. The first-order chi connectivity index (χ1) is 11.6. The number of aromatic nitrogens is 1. The Balaban J connectivity index is 1.80. The van der Waals surface area contributed by atoms with Crippen molar-refractivity contribution in [3.05, 3.63) is 59.9 Å². The summed E-state index contributed by atoms with van der Waals surface area (Å²) in [6.07, 6.45) is 3.57. The van der Waals surface area contributed by atoms with Crippen LogP contribution >= 0.6 is 0 Å². The highest BCUT2D eigenvalue weighted by atomic mass is 16.5. The molecule has 1 amide bonds. The van der Waals surface area contributed by atoms with Gasteiger partial charge in [0.05, 0.1) is 5.92 Å². The molecule has 0 saturated carbocycles. The Morgan fingerprint density at radius 1 is 1.29 bits per heavy atom. The van der Waals surface area contributed by atoms with Gasteiger partial charge in [-0.05, 0) is 24.1 Å². The number of carbonyl (C=O) groups excluding carboxylic acids is 1. The number of carboxylic acids is 1. The van der Waals surface area contributed by atoms with E-state index in [0.29, 0.717) is 12.0 Å². The van der Waals surface area contributed by atoms with Crippen molar-refractivity contribution >= 4 is 11.9 Å². The first kappa shape index (κ1) is 16.0. The number of hydrogen-bond acceptors (Lipinski definition) is 4. The maximum atomic E-state index is 12.8. The van der Waals surface area contributed by atoms with Crippen LogP contribution in [0.1, 0.15) is 17.2 Å². The van der Waals surface area contributed by atoms with Crippen molar-refractivity contribution in [3.63, 3.8) is 0 Å². The number of nitrogens with zero attached hydrogens (tertiary/aromatic N) is 2. The van der Waals surface area contributed by atoms with E-state index in [-0.39, 0.29) is 12.5 Å². The summed E-state index contributed by atoms with van der Waals surface area (Å²) < 4.78 is 5.65. The highest BCUT2D eigenvalue weighted by Gasteiger charge is 2.34. The molecule has 24 heavy (non-hydrogen) atoms. The van der Waals surface area contributed by atoms with Crippen molar-refractivity contribution in [2.45, 2.75) is 12.5 Å². The van der Waals surface area contributed by atoms with Gasteiger partial charge in [-0.2, -0.15) is 0 Å². The second kappa shape index (κ2) is 6.70. The SMILES string of the molecule is CN(C(=O)C1COc2ccccc2C1)C(C(=O)O)c1cccnc1. The number of hydrogen-bond donors (Lipinski definition) is 1. The maximum Gasteiger partial charge on any atom is 0.331 e. The van der Waals surface area contributed by atoms with E-state index in [0.717, 1.165) is 11.3 Å². The summed E-state index contributed by atoms with van der Waals surface area (Å²) in [6.45, 7) is 0.250. The number of para-hydroxylation sites is 1. The van der Waals surface area contributed by atoms with Crippen molar-refractivity contribution in [2.75, 3.05) is 13.7 Å². The minimum absolute atomic E-state index is 0.249. The van der Waals surface area contributed by atoms with Crippen LogP contribution in [-0.4, -0.2) is 40.5 Å². The van der Waals surface area contributed by atoms with Gasteiger partial charge < -0.3 is 14.7 Å². The number of rotatable bonds is 4. The Morgan fingerprint density at radius 2 is 2.08 bits per heavy atom. The molecule has 2 aromatic rings. The summed E-state index contributed by atoms with van der Waals surface area (Å²) in [7, 11) is 1.51. The fourth-order valence-corrected chi connectivity index (χ4v) is 2.97. The topological polar surface area (TPSA) is 79.7 Å². The number of fused-ring (bicyclic) bond motifs is 1. The van der Waals surface area contributed by atoms with E-state index in [2.05, 4.69) is 4.98 Å². The fraction of sp³-hybridized carbons (Fsp3) is 0.278. The molecule has 1 aliphatic heterocycles. The Bertz CT molecular complexity index is 748. The van der Waals surface area contributed by atoms with Gasteiger partial charge in [-0.25, -0.2) is 4.79 Å². The summed E-state index contributed by atoms with van der Waals surface area (Å²) in [4.78, 5) is 29.7. The number of aliphatic carboxylic acids is 1. The average molecular weight is 326 g/mol. The van der Waals surface area contributed by atoms with E-state index in [1.54, 1.807) is 18.3 Å². The third-order valence-corrected chi connectivity index (χ3v) is 4.20. The minimum atomic E-state index is -1.09. The molecular formula is C18H18N2O4. The van der Waals surface area contributed by atoms with Crippen molar-refractivity contribution in [2.24, 2.45) is 5.92 Å². The van der Waals surface area contributed by atoms with E-state index < -0.39 is 17.9 Å². The number of carboxylic acid groups (broad SMARTS) is 1. The molecule has 2 atom stereocenters. The zero-order valence-corrected chi connectivity index (χ0v) is 13.3. The molecule has 3 rings (SSSR count). The summed E-state index contributed by atoms with van der Waals surface area (Å²) in [5.74, 6) is -0.952. The molecule has 1 aliphatic rings. The molecule has 0 bridgehead atoms. The molecule has 0 aliphatic carbocycles. The Morgan fingerprint density at radius 3 is 2.79 bits per heavy atom. The Labute approximate surface area is 139 Å². The van der Waals surface area contributed by atoms with Gasteiger partial charge in [0, 0.05) is 25.0 Å². The zero-order chi connectivity index (χ0) is 17.1. The van der Waals surface area contributed by atoms with Crippen LogP contribution in [0.2, 0.25) is 0 Å². The summed E-state index contributed by atoms with van der Waals surface area (Å²) in [5, 5.41) is 9.55. The molecule has 0 saturated heterocycles. The third-order valence-electron chi connectivity index (χ3n) is 4.20. The van der Waals surface area contributed by atoms with Gasteiger partial charge in [-0.15, -0.1) is 0 Å². The number of benzene rings is 1. The van der Waals surface area contributed by atoms with Gasteiger partial charge in [0.15, 0.2) is 6.04 Å². The highest BCUT2D eigenvalue weighted by molar-refractivity contribution is 5.86. The number of amides is 1. The van der Waals surface area contributed by atoms with Crippen molar-refractivity contribution in [1.82, 2.24) is 9.88 Å². The van der Waals surface area contributed by atoms with E-state index in [4.69, 9.17) is 4.74 Å². The van der Waals surface area contributed by atoms with Crippen LogP contribution in [0, 0.1) is 5.92 Å². The van der Waals surface area contributed by atoms with E-state index in [9.17, 15) is 14.7 Å².